The van der Waals surface area contributed by atoms with Crippen LogP contribution >= 0.6 is 0 Å². The fourth-order valence-corrected chi connectivity index (χ4v) is 1.45. The summed E-state index contributed by atoms with van der Waals surface area (Å²) in [4.78, 5) is 0. The van der Waals surface area contributed by atoms with Gasteiger partial charge in [0.2, 0.25) is 0 Å². The van der Waals surface area contributed by atoms with E-state index < -0.39 is 30.0 Å². The first kappa shape index (κ1) is 16.1. The standard InChI is InChI=1S/C13H19BF2O3/c1-8-9(15)6-7-10(16)11(8)14(18)19-13(4,5)12(2,3)17/h6-7,17-18H,1-5H3. The van der Waals surface area contributed by atoms with E-state index in [1.165, 1.54) is 20.8 Å². The van der Waals surface area contributed by atoms with Gasteiger partial charge in [0.05, 0.1) is 11.2 Å². The smallest absolute Gasteiger partial charge is 0.423 e. The maximum absolute atomic E-state index is 13.7. The summed E-state index contributed by atoms with van der Waals surface area (Å²) in [5.41, 5.74) is -2.67. The van der Waals surface area contributed by atoms with Crippen molar-refractivity contribution in [2.45, 2.75) is 45.8 Å². The van der Waals surface area contributed by atoms with Crippen molar-refractivity contribution in [2.24, 2.45) is 0 Å². The zero-order valence-corrected chi connectivity index (χ0v) is 11.8. The van der Waals surface area contributed by atoms with Crippen molar-refractivity contribution in [2.75, 3.05) is 0 Å². The fourth-order valence-electron chi connectivity index (χ4n) is 1.45. The minimum Gasteiger partial charge on any atom is -0.423 e. The van der Waals surface area contributed by atoms with Gasteiger partial charge < -0.3 is 14.8 Å². The van der Waals surface area contributed by atoms with Crippen LogP contribution in [-0.2, 0) is 4.65 Å². The van der Waals surface area contributed by atoms with Crippen LogP contribution in [-0.4, -0.2) is 28.5 Å². The Hall–Kier alpha value is -0.975. The summed E-state index contributed by atoms with van der Waals surface area (Å²) >= 11 is 0. The highest BCUT2D eigenvalue weighted by atomic mass is 19.1. The van der Waals surface area contributed by atoms with Gasteiger partial charge in [0.1, 0.15) is 11.6 Å². The average molecular weight is 272 g/mol. The van der Waals surface area contributed by atoms with E-state index in [2.05, 4.69) is 0 Å². The van der Waals surface area contributed by atoms with Gasteiger partial charge in [0, 0.05) is 5.46 Å². The van der Waals surface area contributed by atoms with Crippen molar-refractivity contribution in [1.29, 1.82) is 0 Å². The molecule has 3 nitrogen and oxygen atoms in total. The lowest BCUT2D eigenvalue weighted by Gasteiger charge is -2.38. The van der Waals surface area contributed by atoms with E-state index in [0.29, 0.717) is 0 Å². The minimum atomic E-state index is -1.66. The summed E-state index contributed by atoms with van der Waals surface area (Å²) in [5.74, 6) is -1.38. The largest absolute Gasteiger partial charge is 0.495 e. The van der Waals surface area contributed by atoms with Gasteiger partial charge in [-0.1, -0.05) is 0 Å². The Bertz CT molecular complexity index is 470. The first-order valence-corrected chi connectivity index (χ1v) is 6.00. The molecule has 0 aromatic heterocycles. The van der Waals surface area contributed by atoms with Crippen molar-refractivity contribution in [3.8, 4) is 0 Å². The van der Waals surface area contributed by atoms with Crippen molar-refractivity contribution in [1.82, 2.24) is 0 Å². The maximum Gasteiger partial charge on any atom is 0.495 e. The first-order valence-electron chi connectivity index (χ1n) is 6.00. The Labute approximate surface area is 112 Å². The molecule has 1 aromatic carbocycles. The lowest BCUT2D eigenvalue weighted by molar-refractivity contribution is -0.0983. The third kappa shape index (κ3) is 3.32. The first-order chi connectivity index (χ1) is 8.47. The van der Waals surface area contributed by atoms with Gasteiger partial charge in [-0.3, -0.25) is 0 Å². The van der Waals surface area contributed by atoms with Gasteiger partial charge >= 0.3 is 7.12 Å². The molecule has 0 atom stereocenters. The molecule has 0 amide bonds. The molecule has 106 valence electrons. The summed E-state index contributed by atoms with van der Waals surface area (Å²) in [6.45, 7) is 7.49. The molecular weight excluding hydrogens is 253 g/mol. The Balaban J connectivity index is 3.10. The van der Waals surface area contributed by atoms with Crippen molar-refractivity contribution >= 4 is 12.6 Å². The molecule has 0 aliphatic heterocycles. The molecule has 1 rings (SSSR count). The number of aliphatic hydroxyl groups is 1. The van der Waals surface area contributed by atoms with E-state index in [1.54, 1.807) is 13.8 Å². The SMILES string of the molecule is Cc1c(F)ccc(F)c1B(O)OC(C)(C)C(C)(C)O. The Kier molecular flexibility index (Phi) is 4.39. The molecule has 0 unspecified atom stereocenters. The quantitative estimate of drug-likeness (QED) is 0.817. The third-order valence-electron chi connectivity index (χ3n) is 3.52. The second kappa shape index (κ2) is 5.19. The summed E-state index contributed by atoms with van der Waals surface area (Å²) in [5, 5.41) is 19.9. The number of halogens is 2. The predicted molar refractivity (Wildman–Crippen MR) is 70.2 cm³/mol. The summed E-state index contributed by atoms with van der Waals surface area (Å²) in [6, 6.07) is 1.92. The van der Waals surface area contributed by atoms with Gasteiger partial charge in [0.25, 0.3) is 0 Å². The van der Waals surface area contributed by atoms with Crippen LogP contribution in [0.15, 0.2) is 12.1 Å². The molecule has 0 spiro atoms. The van der Waals surface area contributed by atoms with Crippen LogP contribution in [0.1, 0.15) is 33.3 Å². The lowest BCUT2D eigenvalue weighted by atomic mass is 9.74. The van der Waals surface area contributed by atoms with Crippen molar-refractivity contribution in [3.63, 3.8) is 0 Å². The van der Waals surface area contributed by atoms with E-state index in [-0.39, 0.29) is 11.0 Å². The molecule has 0 radical (unpaired) electrons. The monoisotopic (exact) mass is 272 g/mol. The minimum absolute atomic E-state index is 0.0148. The van der Waals surface area contributed by atoms with Crippen LogP contribution < -0.4 is 5.46 Å². The van der Waals surface area contributed by atoms with Gasteiger partial charge in [-0.05, 0) is 52.3 Å². The highest BCUT2D eigenvalue weighted by molar-refractivity contribution is 6.60. The summed E-state index contributed by atoms with van der Waals surface area (Å²) in [7, 11) is -1.66. The molecular formula is C13H19BF2O3. The molecule has 0 bridgehead atoms. The number of rotatable bonds is 4. The highest BCUT2D eigenvalue weighted by Crippen LogP contribution is 2.25. The Morgan fingerprint density at radius 2 is 1.58 bits per heavy atom. The molecule has 0 aliphatic rings. The lowest BCUT2D eigenvalue weighted by Crippen LogP contribution is -2.54. The second-order valence-electron chi connectivity index (χ2n) is 5.61. The molecule has 19 heavy (non-hydrogen) atoms. The Morgan fingerprint density at radius 3 is 2.05 bits per heavy atom. The highest BCUT2D eigenvalue weighted by Gasteiger charge is 2.40. The van der Waals surface area contributed by atoms with Gasteiger partial charge in [0.15, 0.2) is 0 Å². The number of benzene rings is 1. The molecule has 0 heterocycles. The zero-order valence-electron chi connectivity index (χ0n) is 11.8. The molecule has 1 aromatic rings. The normalized spacial score (nSPS) is 12.7. The number of hydrogen-bond acceptors (Lipinski definition) is 3. The third-order valence-corrected chi connectivity index (χ3v) is 3.52. The van der Waals surface area contributed by atoms with Gasteiger partial charge in [-0.25, -0.2) is 8.78 Å². The topological polar surface area (TPSA) is 49.7 Å². The van der Waals surface area contributed by atoms with Crippen LogP contribution in [0.2, 0.25) is 0 Å². The molecule has 0 fully saturated rings. The zero-order chi connectivity index (χ0) is 15.0. The Morgan fingerprint density at radius 1 is 1.11 bits per heavy atom. The van der Waals surface area contributed by atoms with Gasteiger partial charge in [-0.15, -0.1) is 0 Å². The van der Waals surface area contributed by atoms with E-state index in [0.717, 1.165) is 12.1 Å². The van der Waals surface area contributed by atoms with Gasteiger partial charge in [-0.2, -0.15) is 0 Å². The fraction of sp³-hybridized carbons (Fsp3) is 0.538. The van der Waals surface area contributed by atoms with E-state index >= 15 is 0 Å². The predicted octanol–water partition coefficient (Wildman–Crippen LogP) is 1.53. The van der Waals surface area contributed by atoms with Crippen LogP contribution in [0.3, 0.4) is 0 Å². The molecule has 0 aliphatic carbocycles. The van der Waals surface area contributed by atoms with Crippen LogP contribution in [0, 0.1) is 18.6 Å². The van der Waals surface area contributed by atoms with E-state index in [9.17, 15) is 18.9 Å². The van der Waals surface area contributed by atoms with Crippen LogP contribution in [0.4, 0.5) is 8.78 Å². The van der Waals surface area contributed by atoms with E-state index in [1.807, 2.05) is 0 Å². The van der Waals surface area contributed by atoms with Crippen LogP contribution in [0.5, 0.6) is 0 Å². The van der Waals surface area contributed by atoms with Crippen molar-refractivity contribution in [3.05, 3.63) is 29.3 Å². The second-order valence-corrected chi connectivity index (χ2v) is 5.61. The average Bonchev–Trinajstić information content (AvgIpc) is 2.21. The maximum atomic E-state index is 13.7. The van der Waals surface area contributed by atoms with Crippen molar-refractivity contribution < 1.29 is 23.6 Å². The van der Waals surface area contributed by atoms with Crippen LogP contribution in [0.25, 0.3) is 0 Å². The molecule has 6 heteroatoms. The molecule has 2 N–H and O–H groups in total. The molecule has 0 saturated carbocycles. The summed E-state index contributed by atoms with van der Waals surface area (Å²) in [6.07, 6.45) is 0. The summed E-state index contributed by atoms with van der Waals surface area (Å²) < 4.78 is 32.4. The van der Waals surface area contributed by atoms with E-state index in [4.69, 9.17) is 4.65 Å². The molecule has 0 saturated heterocycles. The number of hydrogen-bond donors (Lipinski definition) is 2.